The smallest absolute Gasteiger partial charge is 0.161 e. The van der Waals surface area contributed by atoms with Gasteiger partial charge in [0.15, 0.2) is 5.82 Å². The molecular weight excluding hydrogens is 488 g/mol. The van der Waals surface area contributed by atoms with E-state index in [1.165, 1.54) is 44.2 Å². The predicted octanol–water partition coefficient (Wildman–Crippen LogP) is 7.42. The molecule has 2 aliphatic rings. The average Bonchev–Trinajstić information content (AvgIpc) is 3.35. The van der Waals surface area contributed by atoms with Gasteiger partial charge in [0.1, 0.15) is 11.4 Å². The molecule has 0 saturated heterocycles. The fourth-order valence-electron chi connectivity index (χ4n) is 5.08. The highest BCUT2D eigenvalue weighted by Crippen LogP contribution is 2.30. The number of rotatable bonds is 8. The van der Waals surface area contributed by atoms with Gasteiger partial charge in [0.2, 0.25) is 0 Å². The quantitative estimate of drug-likeness (QED) is 0.229. The fraction of sp³-hybridized carbons (Fsp3) is 0.444. The summed E-state index contributed by atoms with van der Waals surface area (Å²) in [4.78, 5) is 13.4. The maximum atomic E-state index is 13.9. The van der Waals surface area contributed by atoms with Gasteiger partial charge >= 0.3 is 0 Å². The molecule has 8 heteroatoms. The largest absolute Gasteiger partial charge is 0.464 e. The molecule has 3 heterocycles. The van der Waals surface area contributed by atoms with E-state index in [1.807, 2.05) is 12.1 Å². The molecular formula is C27H30Cl2FN3O2. The molecule has 0 atom stereocenters. The molecule has 35 heavy (non-hydrogen) atoms. The third-order valence-corrected chi connectivity index (χ3v) is 7.78. The summed E-state index contributed by atoms with van der Waals surface area (Å²) in [6, 6.07) is 6.56. The van der Waals surface area contributed by atoms with Crippen molar-refractivity contribution in [2.75, 3.05) is 31.3 Å². The molecule has 186 valence electrons. The first-order valence-corrected chi connectivity index (χ1v) is 13.1. The molecule has 5 nitrogen and oxygen atoms in total. The van der Waals surface area contributed by atoms with Crippen LogP contribution < -0.4 is 5.06 Å². The van der Waals surface area contributed by atoms with Gasteiger partial charge in [-0.2, -0.15) is 0 Å². The molecule has 3 aromatic rings. The van der Waals surface area contributed by atoms with Crippen molar-refractivity contribution >= 4 is 40.0 Å². The SMILES string of the molecule is Fc1ccc(Cl)c(CCON(C2=CCN(CC3CCCCC3)CC2)c2cc3occc3cn2)c1Cl. The van der Waals surface area contributed by atoms with Gasteiger partial charge in [-0.1, -0.05) is 42.5 Å². The van der Waals surface area contributed by atoms with Crippen LogP contribution in [0.2, 0.25) is 10.0 Å². The maximum absolute atomic E-state index is 13.9. The van der Waals surface area contributed by atoms with Crippen LogP contribution in [-0.2, 0) is 11.3 Å². The Bertz CT molecular complexity index is 1190. The molecule has 0 unspecified atom stereocenters. The van der Waals surface area contributed by atoms with Crippen LogP contribution in [-0.4, -0.2) is 36.1 Å². The van der Waals surface area contributed by atoms with Crippen LogP contribution in [0.4, 0.5) is 10.2 Å². The first-order valence-electron chi connectivity index (χ1n) is 12.4. The Kier molecular flexibility index (Phi) is 7.93. The zero-order valence-corrected chi connectivity index (χ0v) is 21.2. The van der Waals surface area contributed by atoms with E-state index in [2.05, 4.69) is 16.0 Å². The zero-order chi connectivity index (χ0) is 24.2. The van der Waals surface area contributed by atoms with Crippen LogP contribution in [0.15, 0.2) is 52.9 Å². The number of anilines is 1. The van der Waals surface area contributed by atoms with Crippen molar-refractivity contribution in [3.05, 3.63) is 69.9 Å². The van der Waals surface area contributed by atoms with Gasteiger partial charge in [0, 0.05) is 60.8 Å². The molecule has 1 fully saturated rings. The van der Waals surface area contributed by atoms with Crippen molar-refractivity contribution in [2.45, 2.75) is 44.9 Å². The van der Waals surface area contributed by atoms with Crippen molar-refractivity contribution in [3.63, 3.8) is 0 Å². The van der Waals surface area contributed by atoms with Gasteiger partial charge < -0.3 is 4.42 Å². The lowest BCUT2D eigenvalue weighted by molar-refractivity contribution is 0.118. The van der Waals surface area contributed by atoms with Gasteiger partial charge in [0.25, 0.3) is 0 Å². The van der Waals surface area contributed by atoms with E-state index in [0.29, 0.717) is 22.8 Å². The Morgan fingerprint density at radius 1 is 1.17 bits per heavy atom. The first kappa shape index (κ1) is 24.6. The van der Waals surface area contributed by atoms with Crippen molar-refractivity contribution in [1.29, 1.82) is 0 Å². The number of nitrogens with zero attached hydrogens (tertiary/aromatic N) is 3. The van der Waals surface area contributed by atoms with E-state index in [1.54, 1.807) is 17.5 Å². The fourth-order valence-corrected chi connectivity index (χ4v) is 5.63. The number of benzene rings is 1. The third kappa shape index (κ3) is 5.83. The lowest BCUT2D eigenvalue weighted by Crippen LogP contribution is -2.37. The van der Waals surface area contributed by atoms with Crippen LogP contribution in [0.5, 0.6) is 0 Å². The average molecular weight is 518 g/mol. The summed E-state index contributed by atoms with van der Waals surface area (Å²) >= 11 is 12.4. The van der Waals surface area contributed by atoms with Gasteiger partial charge in [-0.3, -0.25) is 9.74 Å². The monoisotopic (exact) mass is 517 g/mol. The van der Waals surface area contributed by atoms with Crippen LogP contribution in [0.25, 0.3) is 11.0 Å². The van der Waals surface area contributed by atoms with Crippen molar-refractivity contribution in [3.8, 4) is 0 Å². The van der Waals surface area contributed by atoms with E-state index >= 15 is 0 Å². The van der Waals surface area contributed by atoms with Crippen LogP contribution in [0, 0.1) is 11.7 Å². The Hall–Kier alpha value is -2.12. The molecule has 0 amide bonds. The molecule has 1 aromatic carbocycles. The summed E-state index contributed by atoms with van der Waals surface area (Å²) in [5.41, 5.74) is 2.34. The van der Waals surface area contributed by atoms with Crippen LogP contribution >= 0.6 is 23.2 Å². The molecule has 0 radical (unpaired) electrons. The summed E-state index contributed by atoms with van der Waals surface area (Å²) in [5, 5.41) is 3.18. The molecule has 0 N–H and O–H groups in total. The van der Waals surface area contributed by atoms with E-state index in [4.69, 9.17) is 32.5 Å². The standard InChI is InChI=1S/C27H30Cl2FN3O2/c28-23-6-7-24(30)27(29)22(23)11-15-35-33(26-16-25-20(17-31-26)10-14-34-25)21-8-12-32(13-9-21)18-19-4-2-1-3-5-19/h6-8,10,14,16-17,19H,1-5,9,11-13,15,18H2. The summed E-state index contributed by atoms with van der Waals surface area (Å²) < 4.78 is 19.5. The number of halogens is 3. The van der Waals surface area contributed by atoms with Crippen molar-refractivity contribution < 1.29 is 13.6 Å². The van der Waals surface area contributed by atoms with Gasteiger partial charge in [-0.15, -0.1) is 0 Å². The molecule has 5 rings (SSSR count). The lowest BCUT2D eigenvalue weighted by Gasteiger charge is -2.34. The van der Waals surface area contributed by atoms with E-state index in [9.17, 15) is 4.39 Å². The summed E-state index contributed by atoms with van der Waals surface area (Å²) in [5.74, 6) is 0.978. The highest BCUT2D eigenvalue weighted by Gasteiger charge is 2.23. The summed E-state index contributed by atoms with van der Waals surface area (Å²) in [7, 11) is 0. The highest BCUT2D eigenvalue weighted by molar-refractivity contribution is 6.36. The number of aromatic nitrogens is 1. The highest BCUT2D eigenvalue weighted by atomic mass is 35.5. The second kappa shape index (κ2) is 11.3. The number of pyridine rings is 1. The molecule has 0 bridgehead atoms. The maximum Gasteiger partial charge on any atom is 0.161 e. The molecule has 2 aromatic heterocycles. The lowest BCUT2D eigenvalue weighted by atomic mass is 9.88. The first-order chi connectivity index (χ1) is 17.1. The molecule has 1 saturated carbocycles. The van der Waals surface area contributed by atoms with E-state index < -0.39 is 5.82 Å². The minimum atomic E-state index is -0.485. The van der Waals surface area contributed by atoms with Gasteiger partial charge in [-0.05, 0) is 48.6 Å². The normalized spacial score (nSPS) is 17.6. The van der Waals surface area contributed by atoms with Gasteiger partial charge in [0.05, 0.1) is 17.9 Å². The third-order valence-electron chi connectivity index (χ3n) is 7.01. The van der Waals surface area contributed by atoms with Crippen molar-refractivity contribution in [2.24, 2.45) is 5.92 Å². The van der Waals surface area contributed by atoms with Crippen LogP contribution in [0.3, 0.4) is 0 Å². The second-order valence-corrected chi connectivity index (χ2v) is 10.2. The summed E-state index contributed by atoms with van der Waals surface area (Å²) in [6.07, 6.45) is 13.7. The minimum absolute atomic E-state index is 0.0398. The minimum Gasteiger partial charge on any atom is -0.464 e. The number of furan rings is 1. The predicted molar refractivity (Wildman–Crippen MR) is 138 cm³/mol. The molecule has 1 aliphatic carbocycles. The number of fused-ring (bicyclic) bond motifs is 1. The molecule has 0 spiro atoms. The van der Waals surface area contributed by atoms with E-state index in [0.717, 1.165) is 48.6 Å². The number of hydrogen-bond donors (Lipinski definition) is 0. The zero-order valence-electron chi connectivity index (χ0n) is 19.7. The Morgan fingerprint density at radius 3 is 2.83 bits per heavy atom. The topological polar surface area (TPSA) is 41.7 Å². The number of hydrogen-bond acceptors (Lipinski definition) is 5. The number of hydroxylamine groups is 1. The van der Waals surface area contributed by atoms with Crippen LogP contribution in [0.1, 0.15) is 44.1 Å². The van der Waals surface area contributed by atoms with Gasteiger partial charge in [-0.25, -0.2) is 14.4 Å². The Labute approximate surface area is 215 Å². The summed E-state index contributed by atoms with van der Waals surface area (Å²) in [6.45, 7) is 3.30. The Morgan fingerprint density at radius 2 is 2.03 bits per heavy atom. The molecule has 1 aliphatic heterocycles. The van der Waals surface area contributed by atoms with Crippen molar-refractivity contribution in [1.82, 2.24) is 9.88 Å². The Balaban J connectivity index is 1.31. The second-order valence-electron chi connectivity index (χ2n) is 9.41. The van der Waals surface area contributed by atoms with E-state index in [-0.39, 0.29) is 11.6 Å².